The molecule has 1 aromatic carbocycles. The third kappa shape index (κ3) is 3.51. The summed E-state index contributed by atoms with van der Waals surface area (Å²) in [5.41, 5.74) is 2.53. The van der Waals surface area contributed by atoms with Crippen molar-refractivity contribution in [3.63, 3.8) is 0 Å². The van der Waals surface area contributed by atoms with E-state index in [1.54, 1.807) is 0 Å². The van der Waals surface area contributed by atoms with Crippen LogP contribution < -0.4 is 10.2 Å². The summed E-state index contributed by atoms with van der Waals surface area (Å²) in [6, 6.07) is 6.74. The lowest BCUT2D eigenvalue weighted by molar-refractivity contribution is 0.305. The zero-order valence-corrected chi connectivity index (χ0v) is 13.7. The normalized spacial score (nSPS) is 22.1. The van der Waals surface area contributed by atoms with Crippen LogP contribution in [0, 0.1) is 5.41 Å². The average Bonchev–Trinajstić information content (AvgIpc) is 2.31. The summed E-state index contributed by atoms with van der Waals surface area (Å²) in [5.74, 6) is 2.44. The van der Waals surface area contributed by atoms with Gasteiger partial charge in [0.1, 0.15) is 0 Å². The van der Waals surface area contributed by atoms with Gasteiger partial charge in [-0.25, -0.2) is 0 Å². The Hall–Kier alpha value is -0.540. The van der Waals surface area contributed by atoms with E-state index in [-0.39, 0.29) is 0 Å². The molecular formula is C15H23ClN2S. The number of nitrogens with zero attached hydrogens (tertiary/aromatic N) is 1. The molecule has 1 saturated heterocycles. The number of thioether (sulfide) groups is 1. The van der Waals surface area contributed by atoms with E-state index in [2.05, 4.69) is 31.3 Å². The van der Waals surface area contributed by atoms with E-state index >= 15 is 0 Å². The maximum absolute atomic E-state index is 6.33. The van der Waals surface area contributed by atoms with E-state index in [1.807, 2.05) is 36.8 Å². The molecule has 1 aliphatic heterocycles. The van der Waals surface area contributed by atoms with E-state index < -0.39 is 0 Å². The molecule has 2 rings (SSSR count). The Morgan fingerprint density at radius 1 is 1.37 bits per heavy atom. The van der Waals surface area contributed by atoms with E-state index in [0.29, 0.717) is 11.5 Å². The topological polar surface area (TPSA) is 15.3 Å². The predicted octanol–water partition coefficient (Wildman–Crippen LogP) is 4.35. The van der Waals surface area contributed by atoms with E-state index in [1.165, 1.54) is 17.9 Å². The van der Waals surface area contributed by atoms with Crippen LogP contribution in [0.15, 0.2) is 18.2 Å². The SMILES string of the molecule is CN(C)c1ccc(NC2CSCCC2(C)C)cc1Cl. The zero-order valence-electron chi connectivity index (χ0n) is 12.2. The van der Waals surface area contributed by atoms with Crippen molar-refractivity contribution in [1.82, 2.24) is 0 Å². The smallest absolute Gasteiger partial charge is 0.0659 e. The fraction of sp³-hybridized carbons (Fsp3) is 0.600. The quantitative estimate of drug-likeness (QED) is 0.893. The van der Waals surface area contributed by atoms with Gasteiger partial charge in [-0.3, -0.25) is 0 Å². The first-order chi connectivity index (χ1) is 8.90. The molecule has 1 aliphatic rings. The third-order valence-corrected chi connectivity index (χ3v) is 5.25. The van der Waals surface area contributed by atoms with Crippen LogP contribution >= 0.6 is 23.4 Å². The molecule has 1 aromatic rings. The van der Waals surface area contributed by atoms with Gasteiger partial charge in [0.15, 0.2) is 0 Å². The van der Waals surface area contributed by atoms with Crippen LogP contribution in [0.3, 0.4) is 0 Å². The highest BCUT2D eigenvalue weighted by Gasteiger charge is 2.32. The fourth-order valence-corrected chi connectivity index (χ4v) is 4.29. The van der Waals surface area contributed by atoms with E-state index in [4.69, 9.17) is 11.6 Å². The molecule has 106 valence electrons. The lowest BCUT2D eigenvalue weighted by atomic mass is 9.82. The Labute approximate surface area is 125 Å². The highest BCUT2D eigenvalue weighted by Crippen LogP contribution is 2.37. The molecule has 1 fully saturated rings. The summed E-state index contributed by atoms with van der Waals surface area (Å²) < 4.78 is 0. The Morgan fingerprint density at radius 2 is 2.11 bits per heavy atom. The molecule has 0 aromatic heterocycles. The van der Waals surface area contributed by atoms with E-state index in [0.717, 1.165) is 16.4 Å². The second kappa shape index (κ2) is 5.84. The molecule has 2 nitrogen and oxygen atoms in total. The van der Waals surface area contributed by atoms with Gasteiger partial charge in [0.2, 0.25) is 0 Å². The van der Waals surface area contributed by atoms with E-state index in [9.17, 15) is 0 Å². The number of hydrogen-bond donors (Lipinski definition) is 1. The van der Waals surface area contributed by atoms with Crippen molar-refractivity contribution in [3.05, 3.63) is 23.2 Å². The molecule has 0 spiro atoms. The van der Waals surface area contributed by atoms with Crippen molar-refractivity contribution < 1.29 is 0 Å². The summed E-state index contributed by atoms with van der Waals surface area (Å²) in [6.07, 6.45) is 1.26. The molecule has 0 aliphatic carbocycles. The van der Waals surface area contributed by atoms with Crippen molar-refractivity contribution in [2.75, 3.05) is 35.8 Å². The van der Waals surface area contributed by atoms with Crippen molar-refractivity contribution in [1.29, 1.82) is 0 Å². The average molecular weight is 299 g/mol. The second-order valence-electron chi connectivity index (χ2n) is 6.07. The van der Waals surface area contributed by atoms with Crippen LogP contribution in [0.25, 0.3) is 0 Å². The Morgan fingerprint density at radius 3 is 2.68 bits per heavy atom. The third-order valence-electron chi connectivity index (χ3n) is 3.89. The first-order valence-electron chi connectivity index (χ1n) is 6.71. The van der Waals surface area contributed by atoms with Crippen LogP contribution in [0.5, 0.6) is 0 Å². The van der Waals surface area contributed by atoms with Gasteiger partial charge in [0.25, 0.3) is 0 Å². The van der Waals surface area contributed by atoms with Crippen LogP contribution in [0.2, 0.25) is 5.02 Å². The lowest BCUT2D eigenvalue weighted by Crippen LogP contribution is -2.41. The zero-order chi connectivity index (χ0) is 14.0. The molecule has 1 unspecified atom stereocenters. The van der Waals surface area contributed by atoms with Gasteiger partial charge >= 0.3 is 0 Å². The van der Waals surface area contributed by atoms with Crippen molar-refractivity contribution in [2.45, 2.75) is 26.3 Å². The number of benzene rings is 1. The summed E-state index contributed by atoms with van der Waals surface area (Å²) >= 11 is 8.36. The van der Waals surface area contributed by atoms with Gasteiger partial charge in [-0.15, -0.1) is 0 Å². The molecular weight excluding hydrogens is 276 g/mol. The van der Waals surface area contributed by atoms with Crippen LogP contribution in [0.1, 0.15) is 20.3 Å². The number of rotatable bonds is 3. The molecule has 19 heavy (non-hydrogen) atoms. The number of halogens is 1. The predicted molar refractivity (Wildman–Crippen MR) is 88.9 cm³/mol. The molecule has 1 N–H and O–H groups in total. The summed E-state index contributed by atoms with van der Waals surface area (Å²) in [4.78, 5) is 2.03. The first-order valence-corrected chi connectivity index (χ1v) is 8.24. The van der Waals surface area contributed by atoms with Crippen LogP contribution in [-0.4, -0.2) is 31.6 Å². The maximum Gasteiger partial charge on any atom is 0.0659 e. The van der Waals surface area contributed by atoms with Gasteiger partial charge in [-0.2, -0.15) is 11.8 Å². The van der Waals surface area contributed by atoms with Crippen LogP contribution in [0.4, 0.5) is 11.4 Å². The molecule has 0 bridgehead atoms. The number of anilines is 2. The largest absolute Gasteiger partial charge is 0.381 e. The second-order valence-corrected chi connectivity index (χ2v) is 7.63. The number of nitrogens with one attached hydrogen (secondary N) is 1. The molecule has 1 atom stereocenters. The minimum absolute atomic E-state index is 0.345. The van der Waals surface area contributed by atoms with Gasteiger partial charge in [-0.05, 0) is 35.8 Å². The summed E-state index contributed by atoms with van der Waals surface area (Å²) in [7, 11) is 4.02. The molecule has 0 amide bonds. The van der Waals surface area contributed by atoms with Crippen molar-refractivity contribution in [3.8, 4) is 0 Å². The van der Waals surface area contributed by atoms with Crippen molar-refractivity contribution in [2.24, 2.45) is 5.41 Å². The number of hydrogen-bond acceptors (Lipinski definition) is 3. The highest BCUT2D eigenvalue weighted by atomic mass is 35.5. The minimum atomic E-state index is 0.345. The maximum atomic E-state index is 6.33. The summed E-state index contributed by atoms with van der Waals surface area (Å²) in [5, 5.41) is 4.46. The standard InChI is InChI=1S/C15H23ClN2S/c1-15(2)7-8-19-10-14(15)17-11-5-6-13(18(3)4)12(16)9-11/h5-6,9,14,17H,7-8,10H2,1-4H3. The fourth-order valence-electron chi connectivity index (χ4n) is 2.33. The van der Waals surface area contributed by atoms with Gasteiger partial charge in [0.05, 0.1) is 10.7 Å². The highest BCUT2D eigenvalue weighted by molar-refractivity contribution is 7.99. The lowest BCUT2D eigenvalue weighted by Gasteiger charge is -2.39. The van der Waals surface area contributed by atoms with Gasteiger partial charge in [0, 0.05) is 31.6 Å². The Balaban J connectivity index is 2.13. The Kier molecular flexibility index (Phi) is 4.57. The molecule has 0 radical (unpaired) electrons. The Bertz CT molecular complexity index is 446. The molecule has 4 heteroatoms. The molecule has 1 heterocycles. The van der Waals surface area contributed by atoms with Gasteiger partial charge in [-0.1, -0.05) is 25.4 Å². The minimum Gasteiger partial charge on any atom is -0.381 e. The van der Waals surface area contributed by atoms with Gasteiger partial charge < -0.3 is 10.2 Å². The summed E-state index contributed by atoms with van der Waals surface area (Å²) in [6.45, 7) is 4.69. The van der Waals surface area contributed by atoms with Crippen LogP contribution in [-0.2, 0) is 0 Å². The first kappa shape index (κ1) is 14.9. The molecule has 0 saturated carbocycles. The monoisotopic (exact) mass is 298 g/mol. The van der Waals surface area contributed by atoms with Crippen molar-refractivity contribution >= 4 is 34.7 Å².